The van der Waals surface area contributed by atoms with Gasteiger partial charge in [-0.1, -0.05) is 12.1 Å². The second-order valence-corrected chi connectivity index (χ2v) is 4.60. The van der Waals surface area contributed by atoms with E-state index in [1.807, 2.05) is 0 Å². The van der Waals surface area contributed by atoms with Crippen LogP contribution in [0.2, 0.25) is 0 Å². The summed E-state index contributed by atoms with van der Waals surface area (Å²) in [5, 5.41) is 8.65. The lowest BCUT2D eigenvalue weighted by atomic mass is 10.1. The number of ether oxygens (including phenoxy) is 2. The molecule has 0 aromatic heterocycles. The van der Waals surface area contributed by atoms with Crippen LogP contribution in [0.15, 0.2) is 36.4 Å². The molecule has 1 unspecified atom stereocenters. The van der Waals surface area contributed by atoms with Crippen LogP contribution in [-0.2, 0) is 4.79 Å². The number of allylic oxidation sites excluding steroid dienone is 1. The van der Waals surface area contributed by atoms with Crippen molar-refractivity contribution in [3.8, 4) is 11.5 Å². The number of methoxy groups -OCH3 is 1. The number of benzene rings is 1. The van der Waals surface area contributed by atoms with Gasteiger partial charge < -0.3 is 14.6 Å². The molecule has 106 valence electrons. The molecular formula is C16H18O4. The zero-order valence-electron chi connectivity index (χ0n) is 11.4. The molecule has 0 heterocycles. The maximum absolute atomic E-state index is 10.5. The SMILES string of the molecule is COc1ccc(/C=C/C(=O)O)cc1OC1C=CCCC1. The van der Waals surface area contributed by atoms with E-state index in [1.54, 1.807) is 25.3 Å². The summed E-state index contributed by atoms with van der Waals surface area (Å²) in [5.74, 6) is 0.312. The lowest BCUT2D eigenvalue weighted by Crippen LogP contribution is -2.16. The Hall–Kier alpha value is -2.23. The highest BCUT2D eigenvalue weighted by atomic mass is 16.5. The number of hydrogen-bond donors (Lipinski definition) is 1. The van der Waals surface area contributed by atoms with Crippen LogP contribution in [0.25, 0.3) is 6.08 Å². The molecule has 1 N–H and O–H groups in total. The van der Waals surface area contributed by atoms with E-state index in [1.165, 1.54) is 6.08 Å². The molecule has 4 nitrogen and oxygen atoms in total. The van der Waals surface area contributed by atoms with Crippen molar-refractivity contribution in [3.63, 3.8) is 0 Å². The van der Waals surface area contributed by atoms with Gasteiger partial charge >= 0.3 is 5.97 Å². The van der Waals surface area contributed by atoms with E-state index in [0.717, 1.165) is 30.9 Å². The van der Waals surface area contributed by atoms with E-state index in [0.29, 0.717) is 11.5 Å². The Labute approximate surface area is 118 Å². The fraction of sp³-hybridized carbons (Fsp3) is 0.312. The highest BCUT2D eigenvalue weighted by molar-refractivity contribution is 5.85. The number of hydrogen-bond acceptors (Lipinski definition) is 3. The molecule has 0 spiro atoms. The molecule has 1 atom stereocenters. The Morgan fingerprint density at radius 1 is 1.40 bits per heavy atom. The Kier molecular flexibility index (Phi) is 4.82. The first kappa shape index (κ1) is 14.2. The van der Waals surface area contributed by atoms with Crippen molar-refractivity contribution in [2.45, 2.75) is 25.4 Å². The van der Waals surface area contributed by atoms with Crippen LogP contribution in [0.3, 0.4) is 0 Å². The van der Waals surface area contributed by atoms with Crippen LogP contribution in [0.4, 0.5) is 0 Å². The highest BCUT2D eigenvalue weighted by Crippen LogP contribution is 2.31. The van der Waals surface area contributed by atoms with E-state index in [9.17, 15) is 4.79 Å². The van der Waals surface area contributed by atoms with Crippen LogP contribution >= 0.6 is 0 Å². The summed E-state index contributed by atoms with van der Waals surface area (Å²) in [7, 11) is 1.59. The molecule has 1 aliphatic carbocycles. The lowest BCUT2D eigenvalue weighted by molar-refractivity contribution is -0.131. The summed E-state index contributed by atoms with van der Waals surface area (Å²) in [6.45, 7) is 0. The number of carboxylic acids is 1. The smallest absolute Gasteiger partial charge is 0.328 e. The average Bonchev–Trinajstić information content (AvgIpc) is 2.46. The van der Waals surface area contributed by atoms with Gasteiger partial charge in [0.25, 0.3) is 0 Å². The predicted octanol–water partition coefficient (Wildman–Crippen LogP) is 3.28. The van der Waals surface area contributed by atoms with Crippen LogP contribution in [0.1, 0.15) is 24.8 Å². The topological polar surface area (TPSA) is 55.8 Å². The van der Waals surface area contributed by atoms with Gasteiger partial charge in [-0.2, -0.15) is 0 Å². The third-order valence-electron chi connectivity index (χ3n) is 3.09. The van der Waals surface area contributed by atoms with Crippen molar-refractivity contribution in [2.75, 3.05) is 7.11 Å². The van der Waals surface area contributed by atoms with Crippen LogP contribution in [-0.4, -0.2) is 24.3 Å². The van der Waals surface area contributed by atoms with E-state index < -0.39 is 5.97 Å². The lowest BCUT2D eigenvalue weighted by Gasteiger charge is -2.20. The molecule has 4 heteroatoms. The molecule has 20 heavy (non-hydrogen) atoms. The van der Waals surface area contributed by atoms with E-state index in [4.69, 9.17) is 14.6 Å². The fourth-order valence-corrected chi connectivity index (χ4v) is 2.10. The third kappa shape index (κ3) is 3.88. The summed E-state index contributed by atoms with van der Waals surface area (Å²) >= 11 is 0. The molecule has 1 aliphatic rings. The van der Waals surface area contributed by atoms with Crippen molar-refractivity contribution >= 4 is 12.0 Å². The zero-order valence-corrected chi connectivity index (χ0v) is 11.4. The van der Waals surface area contributed by atoms with Crippen molar-refractivity contribution < 1.29 is 19.4 Å². The van der Waals surface area contributed by atoms with Crippen molar-refractivity contribution in [3.05, 3.63) is 42.0 Å². The first-order valence-electron chi connectivity index (χ1n) is 6.61. The highest BCUT2D eigenvalue weighted by Gasteiger charge is 2.13. The Balaban J connectivity index is 2.19. The van der Waals surface area contributed by atoms with Gasteiger partial charge in [0, 0.05) is 6.08 Å². The molecule has 0 bridgehead atoms. The minimum absolute atomic E-state index is 0.0522. The van der Waals surface area contributed by atoms with Crippen molar-refractivity contribution in [2.24, 2.45) is 0 Å². The van der Waals surface area contributed by atoms with E-state index in [-0.39, 0.29) is 6.10 Å². The average molecular weight is 274 g/mol. The molecule has 2 rings (SSSR count). The quantitative estimate of drug-likeness (QED) is 0.661. The molecule has 0 saturated carbocycles. The van der Waals surface area contributed by atoms with Gasteiger partial charge in [0.2, 0.25) is 0 Å². The molecule has 0 saturated heterocycles. The Morgan fingerprint density at radius 3 is 2.90 bits per heavy atom. The summed E-state index contributed by atoms with van der Waals surface area (Å²) in [6, 6.07) is 5.37. The molecular weight excluding hydrogens is 256 g/mol. The largest absolute Gasteiger partial charge is 0.493 e. The van der Waals surface area contributed by atoms with Crippen LogP contribution in [0.5, 0.6) is 11.5 Å². The van der Waals surface area contributed by atoms with Gasteiger partial charge in [0.1, 0.15) is 6.10 Å². The number of rotatable bonds is 5. The van der Waals surface area contributed by atoms with Gasteiger partial charge in [0.15, 0.2) is 11.5 Å². The maximum Gasteiger partial charge on any atom is 0.328 e. The number of carboxylic acid groups (broad SMARTS) is 1. The third-order valence-corrected chi connectivity index (χ3v) is 3.09. The van der Waals surface area contributed by atoms with Crippen molar-refractivity contribution in [1.82, 2.24) is 0 Å². The first-order valence-corrected chi connectivity index (χ1v) is 6.61. The van der Waals surface area contributed by atoms with Gasteiger partial charge in [-0.25, -0.2) is 4.79 Å². The summed E-state index contributed by atoms with van der Waals surface area (Å²) in [6.07, 6.45) is 10.1. The number of aliphatic carboxylic acids is 1. The Bertz CT molecular complexity index is 531. The van der Waals surface area contributed by atoms with Crippen LogP contribution in [0, 0.1) is 0 Å². The second-order valence-electron chi connectivity index (χ2n) is 4.60. The monoisotopic (exact) mass is 274 g/mol. The normalized spacial score (nSPS) is 18.1. The maximum atomic E-state index is 10.5. The predicted molar refractivity (Wildman–Crippen MR) is 77.1 cm³/mol. The number of carbonyl (C=O) groups is 1. The van der Waals surface area contributed by atoms with E-state index in [2.05, 4.69) is 12.2 Å². The van der Waals surface area contributed by atoms with Gasteiger partial charge in [-0.05, 0) is 49.1 Å². The molecule has 0 fully saturated rings. The molecule has 0 amide bonds. The minimum atomic E-state index is -0.974. The fourth-order valence-electron chi connectivity index (χ4n) is 2.10. The minimum Gasteiger partial charge on any atom is -0.493 e. The standard InChI is InChI=1S/C16H18O4/c1-19-14-9-7-12(8-10-16(17)18)11-15(14)20-13-5-3-2-4-6-13/h3,5,7-11,13H,2,4,6H2,1H3,(H,17,18)/b10-8+. The van der Waals surface area contributed by atoms with E-state index >= 15 is 0 Å². The van der Waals surface area contributed by atoms with Gasteiger partial charge in [-0.3, -0.25) is 0 Å². The van der Waals surface area contributed by atoms with Crippen LogP contribution < -0.4 is 9.47 Å². The summed E-state index contributed by atoms with van der Waals surface area (Å²) < 4.78 is 11.2. The van der Waals surface area contributed by atoms with Crippen molar-refractivity contribution in [1.29, 1.82) is 0 Å². The zero-order chi connectivity index (χ0) is 14.4. The molecule has 0 aliphatic heterocycles. The molecule has 1 aromatic carbocycles. The molecule has 0 radical (unpaired) electrons. The summed E-state index contributed by atoms with van der Waals surface area (Å²) in [5.41, 5.74) is 0.767. The van der Waals surface area contributed by atoms with Gasteiger partial charge in [0.05, 0.1) is 7.11 Å². The molecule has 1 aromatic rings. The first-order chi connectivity index (χ1) is 9.69. The second kappa shape index (κ2) is 6.80. The summed E-state index contributed by atoms with van der Waals surface area (Å²) in [4.78, 5) is 10.5. The Morgan fingerprint density at radius 2 is 2.25 bits per heavy atom. The van der Waals surface area contributed by atoms with Gasteiger partial charge in [-0.15, -0.1) is 0 Å².